The maximum Gasteiger partial charge on any atom is 0.261 e. The molecule has 2 aromatic rings. The topological polar surface area (TPSA) is 40.5 Å². The van der Waals surface area contributed by atoms with E-state index in [1.165, 1.54) is 29.2 Å². The lowest BCUT2D eigenvalue weighted by Crippen LogP contribution is -2.29. The molecule has 1 amide bonds. The normalized spacial score (nSPS) is 13.4. The summed E-state index contributed by atoms with van der Waals surface area (Å²) >= 11 is 0. The summed E-state index contributed by atoms with van der Waals surface area (Å²) in [7, 11) is 0. The van der Waals surface area contributed by atoms with Crippen molar-refractivity contribution in [2.24, 2.45) is 0 Å². The number of anilines is 1. The monoisotopic (exact) mass is 275 g/mol. The summed E-state index contributed by atoms with van der Waals surface area (Å²) < 4.78 is 27.0. The molecule has 1 aliphatic rings. The van der Waals surface area contributed by atoms with E-state index in [2.05, 4.69) is 0 Å². The highest BCUT2D eigenvalue weighted by molar-refractivity contribution is 6.07. The van der Waals surface area contributed by atoms with Crippen LogP contribution >= 0.6 is 0 Å². The molecular formula is C15H11F2NO2. The van der Waals surface area contributed by atoms with Gasteiger partial charge in [-0.2, -0.15) is 0 Å². The Bertz CT molecular complexity index is 700. The van der Waals surface area contributed by atoms with E-state index in [1.54, 1.807) is 6.07 Å². The minimum atomic E-state index is -0.792. The molecule has 5 heteroatoms. The Labute approximate surface area is 114 Å². The lowest BCUT2D eigenvalue weighted by Gasteiger charge is -2.17. The van der Waals surface area contributed by atoms with E-state index >= 15 is 0 Å². The van der Waals surface area contributed by atoms with E-state index < -0.39 is 17.5 Å². The summed E-state index contributed by atoms with van der Waals surface area (Å²) in [6, 6.07) is 7.61. The second kappa shape index (κ2) is 4.59. The number of phenolic OH excluding ortho intramolecular Hbond substituents is 1. The number of benzene rings is 2. The Kier molecular flexibility index (Phi) is 2.89. The molecule has 1 aliphatic heterocycles. The van der Waals surface area contributed by atoms with Crippen LogP contribution in [0.25, 0.3) is 0 Å². The lowest BCUT2D eigenvalue weighted by molar-refractivity contribution is 0.0985. The van der Waals surface area contributed by atoms with Gasteiger partial charge in [0.1, 0.15) is 17.4 Å². The average molecular weight is 275 g/mol. The van der Waals surface area contributed by atoms with Gasteiger partial charge in [0.2, 0.25) is 0 Å². The number of halogens is 2. The van der Waals surface area contributed by atoms with E-state index in [4.69, 9.17) is 5.11 Å². The molecule has 0 fully saturated rings. The highest BCUT2D eigenvalue weighted by Gasteiger charge is 2.27. The van der Waals surface area contributed by atoms with Gasteiger partial charge in [-0.15, -0.1) is 0 Å². The van der Waals surface area contributed by atoms with Gasteiger partial charge in [0.25, 0.3) is 5.91 Å². The van der Waals surface area contributed by atoms with E-state index in [1.807, 2.05) is 0 Å². The molecule has 3 nitrogen and oxygen atoms in total. The Morgan fingerprint density at radius 2 is 1.95 bits per heavy atom. The molecule has 2 aromatic carbocycles. The first-order chi connectivity index (χ1) is 9.56. The molecule has 0 aliphatic carbocycles. The molecule has 0 saturated carbocycles. The predicted molar refractivity (Wildman–Crippen MR) is 69.8 cm³/mol. The minimum Gasteiger partial charge on any atom is -0.508 e. The molecular weight excluding hydrogens is 264 g/mol. The van der Waals surface area contributed by atoms with Gasteiger partial charge < -0.3 is 10.0 Å². The van der Waals surface area contributed by atoms with Crippen LogP contribution in [0.1, 0.15) is 15.9 Å². The highest BCUT2D eigenvalue weighted by Crippen LogP contribution is 2.30. The van der Waals surface area contributed by atoms with Crippen molar-refractivity contribution in [2.75, 3.05) is 11.4 Å². The van der Waals surface area contributed by atoms with Gasteiger partial charge in [-0.3, -0.25) is 4.79 Å². The number of nitrogens with zero attached hydrogens (tertiary/aromatic N) is 1. The standard InChI is InChI=1S/C15H11F2NO2/c16-10-2-1-9-5-6-18(14(9)7-10)15(20)12-4-3-11(19)8-13(12)17/h1-4,7-8,19H,5-6H2. The summed E-state index contributed by atoms with van der Waals surface area (Å²) in [4.78, 5) is 13.7. The van der Waals surface area contributed by atoms with Gasteiger partial charge >= 0.3 is 0 Å². The first kappa shape index (κ1) is 12.6. The molecule has 0 bridgehead atoms. The third kappa shape index (κ3) is 2.01. The fraction of sp³-hybridized carbons (Fsp3) is 0.133. The molecule has 0 unspecified atom stereocenters. The molecule has 0 radical (unpaired) electrons. The quantitative estimate of drug-likeness (QED) is 0.869. The highest BCUT2D eigenvalue weighted by atomic mass is 19.1. The number of aromatic hydroxyl groups is 1. The fourth-order valence-electron chi connectivity index (χ4n) is 2.39. The fourth-order valence-corrected chi connectivity index (χ4v) is 2.39. The smallest absolute Gasteiger partial charge is 0.261 e. The number of hydrogen-bond donors (Lipinski definition) is 1. The maximum absolute atomic E-state index is 13.7. The van der Waals surface area contributed by atoms with E-state index in [-0.39, 0.29) is 11.3 Å². The molecule has 0 saturated heterocycles. The third-order valence-corrected chi connectivity index (χ3v) is 3.37. The zero-order valence-corrected chi connectivity index (χ0v) is 10.4. The zero-order valence-electron chi connectivity index (χ0n) is 10.4. The molecule has 1 N–H and O–H groups in total. The van der Waals surface area contributed by atoms with Crippen LogP contribution in [-0.4, -0.2) is 17.6 Å². The lowest BCUT2D eigenvalue weighted by atomic mass is 10.1. The van der Waals surface area contributed by atoms with Gasteiger partial charge in [0.15, 0.2) is 0 Å². The van der Waals surface area contributed by atoms with Crippen molar-refractivity contribution in [3.05, 3.63) is 59.2 Å². The van der Waals surface area contributed by atoms with Crippen molar-refractivity contribution in [1.82, 2.24) is 0 Å². The molecule has 0 aromatic heterocycles. The van der Waals surface area contributed by atoms with Crippen LogP contribution in [0.2, 0.25) is 0 Å². The predicted octanol–water partition coefficient (Wildman–Crippen LogP) is 2.87. The van der Waals surface area contributed by atoms with E-state index in [9.17, 15) is 13.6 Å². The summed E-state index contributed by atoms with van der Waals surface area (Å²) in [6.07, 6.45) is 0.612. The van der Waals surface area contributed by atoms with Gasteiger partial charge in [-0.1, -0.05) is 6.07 Å². The molecule has 20 heavy (non-hydrogen) atoms. The summed E-state index contributed by atoms with van der Waals surface area (Å²) in [5, 5.41) is 9.16. The Hall–Kier alpha value is -2.43. The number of amides is 1. The van der Waals surface area contributed by atoms with Crippen LogP contribution in [0.15, 0.2) is 36.4 Å². The summed E-state index contributed by atoms with van der Waals surface area (Å²) in [6.45, 7) is 0.387. The summed E-state index contributed by atoms with van der Waals surface area (Å²) in [5.74, 6) is -2.01. The first-order valence-electron chi connectivity index (χ1n) is 6.15. The van der Waals surface area contributed by atoms with Crippen molar-refractivity contribution < 1.29 is 18.7 Å². The van der Waals surface area contributed by atoms with Crippen molar-refractivity contribution in [3.63, 3.8) is 0 Å². The molecule has 0 spiro atoms. The number of rotatable bonds is 1. The van der Waals surface area contributed by atoms with Crippen molar-refractivity contribution in [3.8, 4) is 5.75 Å². The number of fused-ring (bicyclic) bond motifs is 1. The van der Waals surface area contributed by atoms with Crippen LogP contribution in [0.3, 0.4) is 0 Å². The molecule has 102 valence electrons. The van der Waals surface area contributed by atoms with Gasteiger partial charge in [-0.05, 0) is 36.2 Å². The number of carbonyl (C=O) groups is 1. The van der Waals surface area contributed by atoms with Crippen LogP contribution in [0.4, 0.5) is 14.5 Å². The van der Waals surface area contributed by atoms with E-state index in [0.717, 1.165) is 11.6 Å². The third-order valence-electron chi connectivity index (χ3n) is 3.37. The minimum absolute atomic E-state index is 0.139. The number of hydrogen-bond acceptors (Lipinski definition) is 2. The maximum atomic E-state index is 13.7. The van der Waals surface area contributed by atoms with Crippen LogP contribution in [-0.2, 0) is 6.42 Å². The second-order valence-corrected chi connectivity index (χ2v) is 4.64. The Morgan fingerprint density at radius 3 is 2.70 bits per heavy atom. The molecule has 3 rings (SSSR count). The number of phenols is 1. The average Bonchev–Trinajstić information content (AvgIpc) is 2.81. The molecule has 1 heterocycles. The first-order valence-corrected chi connectivity index (χ1v) is 6.15. The van der Waals surface area contributed by atoms with Gasteiger partial charge in [0.05, 0.1) is 11.3 Å². The Balaban J connectivity index is 1.99. The Morgan fingerprint density at radius 1 is 1.15 bits per heavy atom. The van der Waals surface area contributed by atoms with Crippen LogP contribution < -0.4 is 4.90 Å². The van der Waals surface area contributed by atoms with Gasteiger partial charge in [-0.25, -0.2) is 8.78 Å². The van der Waals surface area contributed by atoms with Crippen molar-refractivity contribution in [1.29, 1.82) is 0 Å². The van der Waals surface area contributed by atoms with Crippen LogP contribution in [0.5, 0.6) is 5.75 Å². The summed E-state index contributed by atoms with van der Waals surface area (Å²) in [5.41, 5.74) is 1.20. The van der Waals surface area contributed by atoms with E-state index in [0.29, 0.717) is 18.7 Å². The number of carbonyl (C=O) groups excluding carboxylic acids is 1. The van der Waals surface area contributed by atoms with Crippen LogP contribution in [0, 0.1) is 11.6 Å². The van der Waals surface area contributed by atoms with Crippen molar-refractivity contribution >= 4 is 11.6 Å². The van der Waals surface area contributed by atoms with Gasteiger partial charge in [0, 0.05) is 12.6 Å². The zero-order chi connectivity index (χ0) is 14.3. The largest absolute Gasteiger partial charge is 0.508 e. The SMILES string of the molecule is O=C(c1ccc(O)cc1F)N1CCc2ccc(F)cc21. The second-order valence-electron chi connectivity index (χ2n) is 4.64. The molecule has 0 atom stereocenters. The van der Waals surface area contributed by atoms with Crippen molar-refractivity contribution in [2.45, 2.75) is 6.42 Å².